The summed E-state index contributed by atoms with van der Waals surface area (Å²) in [6.07, 6.45) is -2.38. The second kappa shape index (κ2) is 12.7. The van der Waals surface area contributed by atoms with E-state index in [9.17, 15) is 14.4 Å². The van der Waals surface area contributed by atoms with Crippen LogP contribution in [0, 0.1) is 21.7 Å². The molecule has 0 fully saturated rings. The lowest BCUT2D eigenvalue weighted by Gasteiger charge is -2.32. The van der Waals surface area contributed by atoms with Crippen molar-refractivity contribution in [2.45, 2.75) is 109 Å². The summed E-state index contributed by atoms with van der Waals surface area (Å²) >= 11 is 0. The Hall–Kier alpha value is -2.39. The molecule has 0 spiro atoms. The lowest BCUT2D eigenvalue weighted by atomic mass is 9.72. The van der Waals surface area contributed by atoms with Crippen LogP contribution in [0.15, 0.2) is 24.3 Å². The minimum Gasteiger partial charge on any atom is -0.401 e. The average Bonchev–Trinajstić information content (AvgIpc) is 2.65. The summed E-state index contributed by atoms with van der Waals surface area (Å²) in [4.78, 5) is 55.7. The quantitative estimate of drug-likeness (QED) is 0.0911. The average molecular weight is 515 g/mol. The zero-order chi connectivity index (χ0) is 28.7. The molecule has 0 amide bonds. The molecule has 0 heterocycles. The maximum Gasteiger partial charge on any atom is 0.513 e. The minimum atomic E-state index is -1.28. The van der Waals surface area contributed by atoms with Gasteiger partial charge in [-0.15, -0.1) is 9.78 Å². The van der Waals surface area contributed by atoms with Gasteiger partial charge < -0.3 is 9.47 Å². The van der Waals surface area contributed by atoms with Crippen LogP contribution >= 0.6 is 0 Å². The van der Waals surface area contributed by atoms with E-state index in [0.717, 1.165) is 0 Å². The molecule has 208 valence electrons. The molecule has 0 saturated carbocycles. The summed E-state index contributed by atoms with van der Waals surface area (Å²) < 4.78 is 9.70. The van der Waals surface area contributed by atoms with Gasteiger partial charge in [0.1, 0.15) is 0 Å². The molecule has 9 nitrogen and oxygen atoms in total. The summed E-state index contributed by atoms with van der Waals surface area (Å²) in [5.74, 6) is -1.54. The molecule has 0 radical (unpaired) electrons. The predicted octanol–water partition coefficient (Wildman–Crippen LogP) is 6.82. The molecule has 0 aliphatic carbocycles. The molecule has 0 aromatic heterocycles. The van der Waals surface area contributed by atoms with Gasteiger partial charge in [0.2, 0.25) is 12.6 Å². The van der Waals surface area contributed by atoms with Crippen LogP contribution in [-0.4, -0.2) is 30.7 Å². The molecule has 2 atom stereocenters. The summed E-state index contributed by atoms with van der Waals surface area (Å²) in [6, 6.07) is 0. The molecule has 0 aliphatic heterocycles. The number of ether oxygens (including phenoxy) is 2. The van der Waals surface area contributed by atoms with Crippen molar-refractivity contribution >= 4 is 18.1 Å². The van der Waals surface area contributed by atoms with Crippen molar-refractivity contribution in [3.8, 4) is 0 Å². The number of carbonyl (C=O) groups excluding carboxylic acids is 3. The van der Waals surface area contributed by atoms with Crippen LogP contribution in [0.2, 0.25) is 0 Å². The minimum absolute atomic E-state index is 0.0311. The van der Waals surface area contributed by atoms with Gasteiger partial charge in [-0.2, -0.15) is 0 Å². The van der Waals surface area contributed by atoms with Crippen LogP contribution in [0.5, 0.6) is 0 Å². The third kappa shape index (κ3) is 13.1. The maximum absolute atomic E-state index is 12.3. The van der Waals surface area contributed by atoms with E-state index < -0.39 is 41.5 Å². The van der Waals surface area contributed by atoms with Gasteiger partial charge in [-0.3, -0.25) is 9.78 Å². The van der Waals surface area contributed by atoms with Gasteiger partial charge in [-0.25, -0.2) is 14.4 Å². The van der Waals surface area contributed by atoms with Crippen molar-refractivity contribution in [2.75, 3.05) is 0 Å². The summed E-state index contributed by atoms with van der Waals surface area (Å²) in [5, 5.41) is 0. The lowest BCUT2D eigenvalue weighted by molar-refractivity contribution is -0.351. The Morgan fingerprint density at radius 1 is 0.611 bits per heavy atom. The van der Waals surface area contributed by atoms with E-state index in [1.165, 1.54) is 13.8 Å². The molecule has 36 heavy (non-hydrogen) atoms. The number of hydrogen-bond acceptors (Lipinski definition) is 9. The van der Waals surface area contributed by atoms with E-state index in [1.807, 2.05) is 27.7 Å². The van der Waals surface area contributed by atoms with Crippen molar-refractivity contribution in [3.63, 3.8) is 0 Å². The molecule has 0 aromatic rings. The van der Waals surface area contributed by atoms with Gasteiger partial charge in [0.15, 0.2) is 0 Å². The summed E-state index contributed by atoms with van der Waals surface area (Å²) in [5.41, 5.74) is -0.669. The Kier molecular flexibility index (Phi) is 11.9. The first-order chi connectivity index (χ1) is 16.0. The van der Waals surface area contributed by atoms with Gasteiger partial charge >= 0.3 is 18.1 Å². The zero-order valence-electron chi connectivity index (χ0n) is 24.2. The smallest absolute Gasteiger partial charge is 0.401 e. The Morgan fingerprint density at radius 2 is 0.889 bits per heavy atom. The summed E-state index contributed by atoms with van der Waals surface area (Å²) in [6.45, 7) is 30.2. The van der Waals surface area contributed by atoms with Gasteiger partial charge in [0.25, 0.3) is 0 Å². The van der Waals surface area contributed by atoms with E-state index in [0.29, 0.717) is 12.8 Å². The monoisotopic (exact) mass is 514 g/mol. The molecule has 0 rings (SSSR count). The summed E-state index contributed by atoms with van der Waals surface area (Å²) in [7, 11) is 0. The van der Waals surface area contributed by atoms with E-state index >= 15 is 0 Å². The first-order valence-electron chi connectivity index (χ1n) is 12.0. The van der Waals surface area contributed by atoms with Crippen LogP contribution in [0.4, 0.5) is 4.79 Å². The van der Waals surface area contributed by atoms with Crippen LogP contribution in [0.25, 0.3) is 0 Å². The molecule has 0 aromatic carbocycles. The fourth-order valence-electron chi connectivity index (χ4n) is 4.08. The highest BCUT2D eigenvalue weighted by Crippen LogP contribution is 2.39. The Balaban J connectivity index is 4.58. The number of hydrogen-bond donors (Lipinski definition) is 0. The van der Waals surface area contributed by atoms with Crippen LogP contribution in [0.3, 0.4) is 0 Å². The number of rotatable bonds is 12. The largest absolute Gasteiger partial charge is 0.513 e. The van der Waals surface area contributed by atoms with Crippen molar-refractivity contribution < 1.29 is 43.4 Å². The molecule has 2 unspecified atom stereocenters. The van der Waals surface area contributed by atoms with Gasteiger partial charge in [-0.05, 0) is 34.5 Å². The molecule has 0 bridgehead atoms. The van der Waals surface area contributed by atoms with Crippen molar-refractivity contribution in [1.82, 2.24) is 0 Å². The van der Waals surface area contributed by atoms with E-state index in [1.54, 1.807) is 0 Å². The molecule has 9 heteroatoms. The molecule has 0 aliphatic rings. The normalized spacial score (nSPS) is 14.3. The third-order valence-corrected chi connectivity index (χ3v) is 5.11. The highest BCUT2D eigenvalue weighted by Gasteiger charge is 2.34. The van der Waals surface area contributed by atoms with Gasteiger partial charge in [0.05, 0.1) is 0 Å². The van der Waals surface area contributed by atoms with Gasteiger partial charge in [0, 0.05) is 25.0 Å². The highest BCUT2D eigenvalue weighted by atomic mass is 17.2. The van der Waals surface area contributed by atoms with Crippen LogP contribution < -0.4 is 0 Å². The second-order valence-electron chi connectivity index (χ2n) is 12.8. The van der Waals surface area contributed by atoms with E-state index in [2.05, 4.69) is 54.7 Å². The maximum atomic E-state index is 12.3. The third-order valence-electron chi connectivity index (χ3n) is 5.11. The molecular formula is C27H46O9. The SMILES string of the molecule is C=C(C(=O)OOC(C)OC(=O)OC(C)OOC(=O)C(=C)C(C)(C)CC(C)(C)C)C(C)(C)CC(C)(C)C. The standard InChI is InChI=1S/C27H46O9/c1-17(26(11,12)15-24(5,6)7)21(28)35-33-19(3)31-23(30)32-20(4)34-36-22(29)18(2)27(13,14)16-25(8,9)10/h19-20H,1-2,15-16H2,3-14H3. The molecular weight excluding hydrogens is 468 g/mol. The van der Waals surface area contributed by atoms with Crippen molar-refractivity contribution in [3.05, 3.63) is 24.3 Å². The molecule has 0 N–H and O–H groups in total. The van der Waals surface area contributed by atoms with Crippen molar-refractivity contribution in [2.24, 2.45) is 21.7 Å². The van der Waals surface area contributed by atoms with Crippen LogP contribution in [0.1, 0.15) is 95.9 Å². The second-order valence-corrected chi connectivity index (χ2v) is 12.8. The Bertz CT molecular complexity index is 744. The molecule has 0 saturated heterocycles. The predicted molar refractivity (Wildman–Crippen MR) is 135 cm³/mol. The van der Waals surface area contributed by atoms with E-state index in [4.69, 9.17) is 29.0 Å². The first-order valence-corrected chi connectivity index (χ1v) is 12.0. The lowest BCUT2D eigenvalue weighted by Crippen LogP contribution is -2.30. The fourth-order valence-corrected chi connectivity index (χ4v) is 4.08. The number of carbonyl (C=O) groups is 3. The fraction of sp³-hybridized carbons (Fsp3) is 0.741. The van der Waals surface area contributed by atoms with Gasteiger partial charge in [-0.1, -0.05) is 82.4 Å². The Morgan fingerprint density at radius 3 is 1.14 bits per heavy atom. The Labute approximate surface area is 216 Å². The topological polar surface area (TPSA) is 107 Å². The zero-order valence-corrected chi connectivity index (χ0v) is 24.2. The van der Waals surface area contributed by atoms with E-state index in [-0.39, 0.29) is 22.0 Å². The first kappa shape index (κ1) is 33.6. The van der Waals surface area contributed by atoms with Crippen molar-refractivity contribution in [1.29, 1.82) is 0 Å². The highest BCUT2D eigenvalue weighted by molar-refractivity contribution is 5.89. The van der Waals surface area contributed by atoms with Crippen LogP contribution in [-0.2, 0) is 38.6 Å².